The van der Waals surface area contributed by atoms with Gasteiger partial charge in [0.2, 0.25) is 5.91 Å². The lowest BCUT2D eigenvalue weighted by Gasteiger charge is -2.15. The fourth-order valence-electron chi connectivity index (χ4n) is 2.13. The number of unbranched alkanes of at least 4 members (excludes halogenated alkanes) is 1. The highest BCUT2D eigenvalue weighted by atomic mass is 35.5. The summed E-state index contributed by atoms with van der Waals surface area (Å²) in [6.07, 6.45) is 1.35. The van der Waals surface area contributed by atoms with E-state index < -0.39 is 30.3 Å². The molecule has 0 aromatic heterocycles. The molecule has 1 aromatic carbocycles. The molecule has 9 heteroatoms. The first kappa shape index (κ1) is 18.2. The zero-order chi connectivity index (χ0) is 17.9. The molecule has 1 aliphatic rings. The molecule has 0 bridgehead atoms. The van der Waals surface area contributed by atoms with E-state index in [0.717, 1.165) is 11.3 Å². The quantitative estimate of drug-likeness (QED) is 0.614. The lowest BCUT2D eigenvalue weighted by Crippen LogP contribution is -2.39. The van der Waals surface area contributed by atoms with Gasteiger partial charge >= 0.3 is 17.8 Å². The van der Waals surface area contributed by atoms with Crippen LogP contribution in [-0.4, -0.2) is 46.6 Å². The molecule has 0 aliphatic carbocycles. The lowest BCUT2D eigenvalue weighted by molar-refractivity contribution is -0.143. The Hall–Kier alpha value is -2.12. The van der Waals surface area contributed by atoms with Crippen LogP contribution in [0.5, 0.6) is 0 Å². The monoisotopic (exact) mass is 371 g/mol. The molecule has 0 radical (unpaired) electrons. The number of urea groups is 1. The second-order valence-electron chi connectivity index (χ2n) is 5.16. The number of anilines is 1. The van der Waals surface area contributed by atoms with Crippen LogP contribution >= 0.6 is 23.2 Å². The highest BCUT2D eigenvalue weighted by Gasteiger charge is 2.44. The number of benzene rings is 1. The van der Waals surface area contributed by atoms with Crippen LogP contribution in [0.25, 0.3) is 0 Å². The molecule has 1 heterocycles. The number of nitrogens with one attached hydrogen (secondary N) is 1. The molecule has 1 aromatic rings. The second kappa shape index (κ2) is 7.63. The van der Waals surface area contributed by atoms with E-state index in [9.17, 15) is 19.2 Å². The molecule has 7 nitrogen and oxygen atoms in total. The molecule has 1 saturated heterocycles. The van der Waals surface area contributed by atoms with Crippen molar-refractivity contribution in [1.82, 2.24) is 9.80 Å². The van der Waals surface area contributed by atoms with E-state index in [4.69, 9.17) is 23.2 Å². The molecule has 0 saturated carbocycles. The van der Waals surface area contributed by atoms with E-state index in [-0.39, 0.29) is 11.6 Å². The standard InChI is InChI=1S/C15H15Cl2N3O4/c1-2-3-6-19-13(22)14(23)20(15(19)24)8-12(21)18-11-5-4-9(16)7-10(11)17/h4-5,7H,2-3,6,8H2,1H3,(H,18,21). The van der Waals surface area contributed by atoms with E-state index in [1.807, 2.05) is 6.92 Å². The minimum Gasteiger partial charge on any atom is -0.323 e. The van der Waals surface area contributed by atoms with Crippen LogP contribution in [0.3, 0.4) is 0 Å². The van der Waals surface area contributed by atoms with Crippen LogP contribution in [0.4, 0.5) is 10.5 Å². The van der Waals surface area contributed by atoms with E-state index in [0.29, 0.717) is 22.0 Å². The van der Waals surface area contributed by atoms with Gasteiger partial charge in [-0.3, -0.25) is 19.3 Å². The van der Waals surface area contributed by atoms with Gasteiger partial charge in [0.05, 0.1) is 10.7 Å². The SMILES string of the molecule is CCCCN1C(=O)C(=O)N(CC(=O)Nc2ccc(Cl)cc2Cl)C1=O. The summed E-state index contributed by atoms with van der Waals surface area (Å²) in [6.45, 7) is 1.49. The highest BCUT2D eigenvalue weighted by molar-refractivity contribution is 6.45. The summed E-state index contributed by atoms with van der Waals surface area (Å²) in [5.41, 5.74) is 0.291. The van der Waals surface area contributed by atoms with Crippen LogP contribution in [0.15, 0.2) is 18.2 Å². The maximum absolute atomic E-state index is 12.1. The molecule has 0 atom stereocenters. The van der Waals surface area contributed by atoms with Gasteiger partial charge in [-0.15, -0.1) is 0 Å². The number of amides is 5. The first-order valence-corrected chi connectivity index (χ1v) is 8.03. The van der Waals surface area contributed by atoms with Gasteiger partial charge in [0.25, 0.3) is 0 Å². The average Bonchev–Trinajstić information content (AvgIpc) is 2.72. The minimum absolute atomic E-state index is 0.154. The first-order valence-electron chi connectivity index (χ1n) is 7.27. The van der Waals surface area contributed by atoms with Crippen LogP contribution in [0.1, 0.15) is 19.8 Å². The van der Waals surface area contributed by atoms with E-state index in [1.54, 1.807) is 0 Å². The molecule has 5 amide bonds. The number of carbonyl (C=O) groups excluding carboxylic acids is 4. The van der Waals surface area contributed by atoms with Crippen molar-refractivity contribution in [3.05, 3.63) is 28.2 Å². The zero-order valence-electron chi connectivity index (χ0n) is 12.8. The number of hydrogen-bond acceptors (Lipinski definition) is 4. The smallest absolute Gasteiger partial charge is 0.323 e. The lowest BCUT2D eigenvalue weighted by atomic mass is 10.3. The van der Waals surface area contributed by atoms with Crippen molar-refractivity contribution >= 4 is 52.6 Å². The van der Waals surface area contributed by atoms with E-state index >= 15 is 0 Å². The average molecular weight is 372 g/mol. The Bertz CT molecular complexity index is 708. The molecule has 1 N–H and O–H groups in total. The maximum Gasteiger partial charge on any atom is 0.334 e. The summed E-state index contributed by atoms with van der Waals surface area (Å²) in [4.78, 5) is 49.3. The Morgan fingerprint density at radius 1 is 1.12 bits per heavy atom. The Morgan fingerprint density at radius 2 is 1.79 bits per heavy atom. The fourth-order valence-corrected chi connectivity index (χ4v) is 2.58. The molecule has 1 aliphatic heterocycles. The minimum atomic E-state index is -1.01. The van der Waals surface area contributed by atoms with Gasteiger partial charge in [-0.2, -0.15) is 0 Å². The normalized spacial score (nSPS) is 14.5. The summed E-state index contributed by atoms with van der Waals surface area (Å²) in [7, 11) is 0. The van der Waals surface area contributed by atoms with Gasteiger partial charge in [-0.05, 0) is 24.6 Å². The molecule has 128 valence electrons. The largest absolute Gasteiger partial charge is 0.334 e. The zero-order valence-corrected chi connectivity index (χ0v) is 14.4. The van der Waals surface area contributed by atoms with E-state index in [1.165, 1.54) is 18.2 Å². The summed E-state index contributed by atoms with van der Waals surface area (Å²) in [6, 6.07) is 3.69. The molecule has 2 rings (SSSR count). The number of carbonyl (C=O) groups is 4. The van der Waals surface area contributed by atoms with Crippen LogP contribution in [0.2, 0.25) is 10.0 Å². The summed E-state index contributed by atoms with van der Waals surface area (Å²) >= 11 is 11.7. The van der Waals surface area contributed by atoms with Crippen LogP contribution in [0, 0.1) is 0 Å². The number of rotatable bonds is 6. The number of hydrogen-bond donors (Lipinski definition) is 1. The topological polar surface area (TPSA) is 86.8 Å². The third-order valence-corrected chi connectivity index (χ3v) is 3.93. The predicted molar refractivity (Wildman–Crippen MR) is 88.8 cm³/mol. The fraction of sp³-hybridized carbons (Fsp3) is 0.333. The summed E-state index contributed by atoms with van der Waals surface area (Å²) < 4.78 is 0. The molecular weight excluding hydrogens is 357 g/mol. The predicted octanol–water partition coefficient (Wildman–Crippen LogP) is 2.52. The Balaban J connectivity index is 2.04. The van der Waals surface area contributed by atoms with Crippen molar-refractivity contribution in [2.24, 2.45) is 0 Å². The third kappa shape index (κ3) is 3.85. The third-order valence-electron chi connectivity index (χ3n) is 3.38. The van der Waals surface area contributed by atoms with Crippen molar-refractivity contribution < 1.29 is 19.2 Å². The second-order valence-corrected chi connectivity index (χ2v) is 6.00. The molecule has 0 unspecified atom stereocenters. The van der Waals surface area contributed by atoms with Crippen molar-refractivity contribution in [3.8, 4) is 0 Å². The van der Waals surface area contributed by atoms with Gasteiger partial charge in [-0.25, -0.2) is 9.69 Å². The van der Waals surface area contributed by atoms with Crippen LogP contribution < -0.4 is 5.32 Å². The van der Waals surface area contributed by atoms with Gasteiger partial charge in [0.15, 0.2) is 0 Å². The number of imide groups is 2. The maximum atomic E-state index is 12.1. The van der Waals surface area contributed by atoms with Crippen molar-refractivity contribution in [3.63, 3.8) is 0 Å². The number of nitrogens with zero attached hydrogens (tertiary/aromatic N) is 2. The van der Waals surface area contributed by atoms with Gasteiger partial charge < -0.3 is 5.32 Å². The van der Waals surface area contributed by atoms with Crippen molar-refractivity contribution in [1.29, 1.82) is 0 Å². The summed E-state index contributed by atoms with van der Waals surface area (Å²) in [5, 5.41) is 3.09. The molecule has 24 heavy (non-hydrogen) atoms. The summed E-state index contributed by atoms with van der Waals surface area (Å²) in [5.74, 6) is -2.56. The molecule has 1 fully saturated rings. The highest BCUT2D eigenvalue weighted by Crippen LogP contribution is 2.25. The van der Waals surface area contributed by atoms with Gasteiger partial charge in [0, 0.05) is 11.6 Å². The van der Waals surface area contributed by atoms with Crippen molar-refractivity contribution in [2.45, 2.75) is 19.8 Å². The molecular formula is C15H15Cl2N3O4. The molecule has 0 spiro atoms. The Morgan fingerprint density at radius 3 is 2.42 bits per heavy atom. The Kier molecular flexibility index (Phi) is 5.80. The van der Waals surface area contributed by atoms with E-state index in [2.05, 4.69) is 5.32 Å². The van der Waals surface area contributed by atoms with Crippen molar-refractivity contribution in [2.75, 3.05) is 18.4 Å². The van der Waals surface area contributed by atoms with Gasteiger partial charge in [0.1, 0.15) is 6.54 Å². The van der Waals surface area contributed by atoms with Gasteiger partial charge in [-0.1, -0.05) is 36.5 Å². The Labute approximate surface area is 148 Å². The first-order chi connectivity index (χ1) is 11.3. The van der Waals surface area contributed by atoms with Crippen LogP contribution in [-0.2, 0) is 14.4 Å². The number of halogens is 2.